The predicted octanol–water partition coefficient (Wildman–Crippen LogP) is 1.28. The highest BCUT2D eigenvalue weighted by atomic mass is 16.2. The summed E-state index contributed by atoms with van der Waals surface area (Å²) in [6, 6.07) is 2.90. The lowest BCUT2D eigenvalue weighted by Gasteiger charge is -2.25. The first-order valence-corrected chi connectivity index (χ1v) is 5.74. The van der Waals surface area contributed by atoms with Gasteiger partial charge in [0.15, 0.2) is 0 Å². The lowest BCUT2D eigenvalue weighted by molar-refractivity contribution is 0.0721. The Morgan fingerprint density at radius 1 is 1.41 bits per heavy atom. The minimum absolute atomic E-state index is 0.149. The van der Waals surface area contributed by atoms with E-state index in [4.69, 9.17) is 0 Å². The number of aromatic amines is 1. The summed E-state index contributed by atoms with van der Waals surface area (Å²) in [7, 11) is 1.75. The highest BCUT2D eigenvalue weighted by Crippen LogP contribution is 2.11. The first kappa shape index (κ1) is 13.4. The number of carbonyl (C=O) groups excluding carboxylic acids is 1. The average Bonchev–Trinajstić information content (AvgIpc) is 2.27. The van der Waals surface area contributed by atoms with Gasteiger partial charge < -0.3 is 4.90 Å². The van der Waals surface area contributed by atoms with Crippen molar-refractivity contribution in [2.75, 3.05) is 7.05 Å². The monoisotopic (exact) mass is 237 g/mol. The summed E-state index contributed by atoms with van der Waals surface area (Å²) in [4.78, 5) is 24.5. The van der Waals surface area contributed by atoms with Crippen LogP contribution in [-0.4, -0.2) is 34.1 Å². The fourth-order valence-electron chi connectivity index (χ4n) is 1.68. The van der Waals surface area contributed by atoms with Gasteiger partial charge in [0.25, 0.3) is 11.5 Å². The summed E-state index contributed by atoms with van der Waals surface area (Å²) >= 11 is 0. The standard InChI is InChI=1S/C12H19N3O2/c1-8(2)7-9(3)15(4)12(17)10-5-6-11(16)14-13-10/h5-6,8-9H,7H2,1-4H3,(H,14,16). The van der Waals surface area contributed by atoms with E-state index in [1.807, 2.05) is 6.92 Å². The quantitative estimate of drug-likeness (QED) is 0.857. The Hall–Kier alpha value is -1.65. The molecule has 1 unspecified atom stereocenters. The Balaban J connectivity index is 2.75. The van der Waals surface area contributed by atoms with Crippen LogP contribution in [0.3, 0.4) is 0 Å². The molecule has 5 nitrogen and oxygen atoms in total. The van der Waals surface area contributed by atoms with Crippen LogP contribution in [0.1, 0.15) is 37.7 Å². The van der Waals surface area contributed by atoms with E-state index in [1.165, 1.54) is 12.1 Å². The molecule has 1 aromatic heterocycles. The molecule has 0 saturated heterocycles. The van der Waals surface area contributed by atoms with Gasteiger partial charge in [-0.2, -0.15) is 5.10 Å². The minimum atomic E-state index is -0.306. The lowest BCUT2D eigenvalue weighted by atomic mass is 10.0. The van der Waals surface area contributed by atoms with Crippen LogP contribution in [0.2, 0.25) is 0 Å². The van der Waals surface area contributed by atoms with E-state index >= 15 is 0 Å². The van der Waals surface area contributed by atoms with Crippen LogP contribution in [-0.2, 0) is 0 Å². The van der Waals surface area contributed by atoms with Gasteiger partial charge in [-0.25, -0.2) is 5.10 Å². The second-order valence-electron chi connectivity index (χ2n) is 4.70. The van der Waals surface area contributed by atoms with Gasteiger partial charge in [-0.3, -0.25) is 9.59 Å². The zero-order valence-electron chi connectivity index (χ0n) is 10.7. The number of aromatic nitrogens is 2. The van der Waals surface area contributed by atoms with Crippen molar-refractivity contribution in [1.82, 2.24) is 15.1 Å². The van der Waals surface area contributed by atoms with Crippen molar-refractivity contribution in [3.63, 3.8) is 0 Å². The van der Waals surface area contributed by atoms with Gasteiger partial charge in [-0.1, -0.05) is 13.8 Å². The number of H-pyrrole nitrogens is 1. The van der Waals surface area contributed by atoms with Crippen molar-refractivity contribution in [3.05, 3.63) is 28.2 Å². The second kappa shape index (κ2) is 5.61. The Morgan fingerprint density at radius 2 is 2.06 bits per heavy atom. The van der Waals surface area contributed by atoms with E-state index in [0.29, 0.717) is 5.92 Å². The zero-order chi connectivity index (χ0) is 13.0. The van der Waals surface area contributed by atoms with E-state index in [0.717, 1.165) is 6.42 Å². The van der Waals surface area contributed by atoms with Crippen LogP contribution in [0.4, 0.5) is 0 Å². The topological polar surface area (TPSA) is 66.1 Å². The first-order valence-electron chi connectivity index (χ1n) is 5.74. The number of nitrogens with one attached hydrogen (secondary N) is 1. The van der Waals surface area contributed by atoms with E-state index < -0.39 is 0 Å². The Labute approximate surface area is 101 Å². The maximum absolute atomic E-state index is 12.0. The van der Waals surface area contributed by atoms with Crippen LogP contribution in [0, 0.1) is 5.92 Å². The molecule has 1 aromatic rings. The number of hydrogen-bond acceptors (Lipinski definition) is 3. The molecule has 0 bridgehead atoms. The average molecular weight is 237 g/mol. The molecule has 1 amide bonds. The highest BCUT2D eigenvalue weighted by Gasteiger charge is 2.19. The molecular formula is C12H19N3O2. The molecule has 1 N–H and O–H groups in total. The Bertz CT molecular complexity index is 419. The number of amides is 1. The van der Waals surface area contributed by atoms with Crippen LogP contribution < -0.4 is 5.56 Å². The van der Waals surface area contributed by atoms with Crippen molar-refractivity contribution in [1.29, 1.82) is 0 Å². The van der Waals surface area contributed by atoms with Crippen molar-refractivity contribution in [2.24, 2.45) is 5.92 Å². The minimum Gasteiger partial charge on any atom is -0.338 e. The first-order chi connectivity index (χ1) is 7.91. The maximum atomic E-state index is 12.0. The van der Waals surface area contributed by atoms with E-state index in [1.54, 1.807) is 11.9 Å². The molecule has 94 valence electrons. The molecule has 5 heteroatoms. The molecule has 0 spiro atoms. The summed E-state index contributed by atoms with van der Waals surface area (Å²) in [5.74, 6) is 0.359. The van der Waals surface area contributed by atoms with E-state index in [-0.39, 0.29) is 23.2 Å². The fourth-order valence-corrected chi connectivity index (χ4v) is 1.68. The summed E-state index contributed by atoms with van der Waals surface area (Å²) < 4.78 is 0. The molecule has 0 aromatic carbocycles. The van der Waals surface area contributed by atoms with E-state index in [2.05, 4.69) is 24.0 Å². The molecule has 0 aliphatic carbocycles. The fraction of sp³-hybridized carbons (Fsp3) is 0.583. The van der Waals surface area contributed by atoms with Gasteiger partial charge in [0.1, 0.15) is 5.69 Å². The molecule has 1 heterocycles. The molecule has 17 heavy (non-hydrogen) atoms. The van der Waals surface area contributed by atoms with Crippen LogP contribution in [0.25, 0.3) is 0 Å². The summed E-state index contributed by atoms with van der Waals surface area (Å²) in [6.07, 6.45) is 0.936. The Morgan fingerprint density at radius 3 is 2.53 bits per heavy atom. The molecule has 1 rings (SSSR count). The second-order valence-corrected chi connectivity index (χ2v) is 4.70. The summed E-state index contributed by atoms with van der Waals surface area (Å²) in [5, 5.41) is 5.99. The van der Waals surface area contributed by atoms with Gasteiger partial charge in [0.2, 0.25) is 0 Å². The van der Waals surface area contributed by atoms with Crippen LogP contribution in [0.5, 0.6) is 0 Å². The molecule has 0 fully saturated rings. The van der Waals surface area contributed by atoms with Crippen molar-refractivity contribution >= 4 is 5.91 Å². The van der Waals surface area contributed by atoms with Crippen molar-refractivity contribution < 1.29 is 4.79 Å². The molecule has 0 aliphatic heterocycles. The van der Waals surface area contributed by atoms with Crippen LogP contribution >= 0.6 is 0 Å². The number of nitrogens with zero attached hydrogens (tertiary/aromatic N) is 2. The highest BCUT2D eigenvalue weighted by molar-refractivity contribution is 5.92. The normalized spacial score (nSPS) is 12.5. The number of hydrogen-bond donors (Lipinski definition) is 1. The summed E-state index contributed by atoms with van der Waals surface area (Å²) in [5.41, 5.74) is -0.0397. The molecule has 0 saturated carbocycles. The Kier molecular flexibility index (Phi) is 4.43. The lowest BCUT2D eigenvalue weighted by Crippen LogP contribution is -2.36. The van der Waals surface area contributed by atoms with Gasteiger partial charge >= 0.3 is 0 Å². The predicted molar refractivity (Wildman–Crippen MR) is 65.9 cm³/mol. The maximum Gasteiger partial charge on any atom is 0.274 e. The number of rotatable bonds is 4. The third-order valence-electron chi connectivity index (χ3n) is 2.69. The van der Waals surface area contributed by atoms with Crippen molar-refractivity contribution in [3.8, 4) is 0 Å². The SMILES string of the molecule is CC(C)CC(C)N(C)C(=O)c1ccc(=O)[nH]n1. The third-order valence-corrected chi connectivity index (χ3v) is 2.69. The molecule has 0 aliphatic rings. The zero-order valence-corrected chi connectivity index (χ0v) is 10.7. The van der Waals surface area contributed by atoms with Gasteiger partial charge in [0, 0.05) is 19.2 Å². The largest absolute Gasteiger partial charge is 0.338 e. The summed E-state index contributed by atoms with van der Waals surface area (Å²) in [6.45, 7) is 6.24. The smallest absolute Gasteiger partial charge is 0.274 e. The molecular weight excluding hydrogens is 218 g/mol. The van der Waals surface area contributed by atoms with Gasteiger partial charge in [0.05, 0.1) is 0 Å². The van der Waals surface area contributed by atoms with Gasteiger partial charge in [-0.15, -0.1) is 0 Å². The number of carbonyl (C=O) groups is 1. The van der Waals surface area contributed by atoms with E-state index in [9.17, 15) is 9.59 Å². The van der Waals surface area contributed by atoms with Crippen molar-refractivity contribution in [2.45, 2.75) is 33.2 Å². The molecule has 0 radical (unpaired) electrons. The van der Waals surface area contributed by atoms with Gasteiger partial charge in [-0.05, 0) is 25.3 Å². The third kappa shape index (κ3) is 3.69. The molecule has 1 atom stereocenters. The van der Waals surface area contributed by atoms with Crippen LogP contribution in [0.15, 0.2) is 16.9 Å².